The summed E-state index contributed by atoms with van der Waals surface area (Å²) in [5.74, 6) is 0.507. The minimum atomic E-state index is -0.483. The van der Waals surface area contributed by atoms with Crippen LogP contribution in [0.5, 0.6) is 17.4 Å². The fourth-order valence-electron chi connectivity index (χ4n) is 2.01. The van der Waals surface area contributed by atoms with Crippen molar-refractivity contribution in [2.75, 3.05) is 0 Å². The van der Waals surface area contributed by atoms with Crippen LogP contribution in [0.1, 0.15) is 15.9 Å². The van der Waals surface area contributed by atoms with Crippen LogP contribution in [-0.4, -0.2) is 11.0 Å². The molecule has 0 atom stereocenters. The quantitative estimate of drug-likeness (QED) is 0.492. The number of rotatable bonds is 4. The highest BCUT2D eigenvalue weighted by atomic mass is 35.5. The summed E-state index contributed by atoms with van der Waals surface area (Å²) in [4.78, 5) is 16.4. The first-order valence-electron chi connectivity index (χ1n) is 7.29. The third-order valence-electron chi connectivity index (χ3n) is 3.25. The van der Waals surface area contributed by atoms with Crippen molar-refractivity contribution < 1.29 is 14.3 Å². The predicted molar refractivity (Wildman–Crippen MR) is 91.9 cm³/mol. The maximum absolute atomic E-state index is 12.3. The first-order valence-corrected chi connectivity index (χ1v) is 7.67. The van der Waals surface area contributed by atoms with Crippen LogP contribution in [0.3, 0.4) is 0 Å². The fraction of sp³-hybridized carbons (Fsp3) is 0.0526. The zero-order valence-corrected chi connectivity index (χ0v) is 13.7. The average molecular weight is 340 g/mol. The van der Waals surface area contributed by atoms with Gasteiger partial charge in [-0.15, -0.1) is 0 Å². The summed E-state index contributed by atoms with van der Waals surface area (Å²) in [5.41, 5.74) is 1.51. The van der Waals surface area contributed by atoms with Crippen molar-refractivity contribution in [3.05, 3.63) is 83.0 Å². The molecule has 0 aliphatic carbocycles. The van der Waals surface area contributed by atoms with Gasteiger partial charge in [-0.3, -0.25) is 0 Å². The fourth-order valence-corrected chi connectivity index (χ4v) is 2.18. The number of hydrogen-bond donors (Lipinski definition) is 0. The molecule has 120 valence electrons. The maximum atomic E-state index is 12.3. The molecule has 3 rings (SSSR count). The van der Waals surface area contributed by atoms with Gasteiger partial charge in [-0.25, -0.2) is 9.78 Å². The number of hydrogen-bond acceptors (Lipinski definition) is 4. The Labute approximate surface area is 144 Å². The highest BCUT2D eigenvalue weighted by molar-refractivity contribution is 6.30. The molecule has 1 heterocycles. The Kier molecular flexibility index (Phi) is 4.77. The van der Waals surface area contributed by atoms with Crippen LogP contribution < -0.4 is 9.47 Å². The highest BCUT2D eigenvalue weighted by Gasteiger charge is 2.14. The van der Waals surface area contributed by atoms with Crippen molar-refractivity contribution in [1.82, 2.24) is 4.98 Å². The molecule has 1 aromatic heterocycles. The minimum Gasteiger partial charge on any atom is -0.435 e. The van der Waals surface area contributed by atoms with Crippen molar-refractivity contribution in [3.8, 4) is 17.4 Å². The molecule has 0 N–H and O–H groups in total. The molecule has 0 unspecified atom stereocenters. The standard InChI is InChI=1S/C19H14ClNO3/c1-13-5-7-14(8-6-13)19(22)24-17-12-15(20)9-10-16(17)23-18-4-2-3-11-21-18/h2-12H,1H3. The van der Waals surface area contributed by atoms with Gasteiger partial charge in [0.2, 0.25) is 5.88 Å². The lowest BCUT2D eigenvalue weighted by molar-refractivity contribution is 0.0730. The van der Waals surface area contributed by atoms with Crippen molar-refractivity contribution in [2.45, 2.75) is 6.92 Å². The second kappa shape index (κ2) is 7.15. The van der Waals surface area contributed by atoms with Gasteiger partial charge in [-0.1, -0.05) is 35.4 Å². The lowest BCUT2D eigenvalue weighted by atomic mass is 10.1. The van der Waals surface area contributed by atoms with E-state index in [1.807, 2.05) is 19.1 Å². The van der Waals surface area contributed by atoms with Gasteiger partial charge in [0.05, 0.1) is 5.56 Å². The van der Waals surface area contributed by atoms with Gasteiger partial charge in [0.1, 0.15) is 0 Å². The zero-order chi connectivity index (χ0) is 16.9. The number of aromatic nitrogens is 1. The SMILES string of the molecule is Cc1ccc(C(=O)Oc2cc(Cl)ccc2Oc2ccccn2)cc1. The smallest absolute Gasteiger partial charge is 0.343 e. The number of pyridine rings is 1. The summed E-state index contributed by atoms with van der Waals surface area (Å²) in [6.45, 7) is 1.95. The number of nitrogens with zero attached hydrogens (tertiary/aromatic N) is 1. The summed E-state index contributed by atoms with van der Waals surface area (Å²) in [7, 11) is 0. The van der Waals surface area contributed by atoms with E-state index in [9.17, 15) is 4.79 Å². The average Bonchev–Trinajstić information content (AvgIpc) is 2.59. The number of esters is 1. The number of ether oxygens (including phenoxy) is 2. The number of halogens is 1. The van der Waals surface area contributed by atoms with Crippen LogP contribution in [0.2, 0.25) is 5.02 Å². The summed E-state index contributed by atoms with van der Waals surface area (Å²) >= 11 is 6.01. The van der Waals surface area contributed by atoms with Gasteiger partial charge >= 0.3 is 5.97 Å². The minimum absolute atomic E-state index is 0.235. The van der Waals surface area contributed by atoms with Gasteiger partial charge in [0, 0.05) is 23.4 Å². The monoisotopic (exact) mass is 339 g/mol. The number of benzene rings is 2. The molecule has 0 aliphatic rings. The van der Waals surface area contributed by atoms with E-state index in [0.717, 1.165) is 5.56 Å². The molecule has 24 heavy (non-hydrogen) atoms. The maximum Gasteiger partial charge on any atom is 0.343 e. The summed E-state index contributed by atoms with van der Waals surface area (Å²) in [6.07, 6.45) is 1.61. The van der Waals surface area contributed by atoms with Crippen molar-refractivity contribution in [3.63, 3.8) is 0 Å². The Balaban J connectivity index is 1.85. The van der Waals surface area contributed by atoms with Crippen LogP contribution >= 0.6 is 11.6 Å². The molecule has 0 radical (unpaired) electrons. The van der Waals surface area contributed by atoms with Gasteiger partial charge in [0.15, 0.2) is 11.5 Å². The third kappa shape index (κ3) is 3.91. The van der Waals surface area contributed by atoms with E-state index in [1.165, 1.54) is 6.07 Å². The summed E-state index contributed by atoms with van der Waals surface area (Å²) in [6, 6.07) is 17.2. The molecule has 5 heteroatoms. The van der Waals surface area contributed by atoms with E-state index >= 15 is 0 Å². The summed E-state index contributed by atoms with van der Waals surface area (Å²) < 4.78 is 11.1. The number of carbonyl (C=O) groups excluding carboxylic acids is 1. The van der Waals surface area contributed by atoms with E-state index in [2.05, 4.69) is 4.98 Å². The molecule has 0 bridgehead atoms. The zero-order valence-electron chi connectivity index (χ0n) is 12.9. The van der Waals surface area contributed by atoms with Crippen LogP contribution in [-0.2, 0) is 0 Å². The van der Waals surface area contributed by atoms with Gasteiger partial charge in [-0.05, 0) is 37.3 Å². The predicted octanol–water partition coefficient (Wildman–Crippen LogP) is 5.05. The molecule has 0 saturated heterocycles. The van der Waals surface area contributed by atoms with E-state index in [1.54, 1.807) is 48.7 Å². The molecule has 4 nitrogen and oxygen atoms in total. The van der Waals surface area contributed by atoms with E-state index < -0.39 is 5.97 Å². The molecule has 0 spiro atoms. The largest absolute Gasteiger partial charge is 0.435 e. The van der Waals surface area contributed by atoms with Gasteiger partial charge < -0.3 is 9.47 Å². The van der Waals surface area contributed by atoms with Crippen LogP contribution in [0.4, 0.5) is 0 Å². The molecule has 2 aromatic carbocycles. The van der Waals surface area contributed by atoms with E-state index in [-0.39, 0.29) is 5.75 Å². The van der Waals surface area contributed by atoms with Crippen LogP contribution in [0.25, 0.3) is 0 Å². The lowest BCUT2D eigenvalue weighted by Gasteiger charge is -2.11. The Bertz CT molecular complexity index is 848. The first-order chi connectivity index (χ1) is 11.6. The summed E-state index contributed by atoms with van der Waals surface area (Å²) in [5, 5.41) is 0.440. The Morgan fingerprint density at radius 2 is 1.79 bits per heavy atom. The molecular formula is C19H14ClNO3. The van der Waals surface area contributed by atoms with Gasteiger partial charge in [-0.2, -0.15) is 0 Å². The molecule has 3 aromatic rings. The first kappa shape index (κ1) is 16.0. The second-order valence-electron chi connectivity index (χ2n) is 5.12. The normalized spacial score (nSPS) is 10.2. The Morgan fingerprint density at radius 1 is 1.00 bits per heavy atom. The lowest BCUT2D eigenvalue weighted by Crippen LogP contribution is -2.09. The third-order valence-corrected chi connectivity index (χ3v) is 3.48. The topological polar surface area (TPSA) is 48.4 Å². The highest BCUT2D eigenvalue weighted by Crippen LogP contribution is 2.33. The second-order valence-corrected chi connectivity index (χ2v) is 5.55. The van der Waals surface area contributed by atoms with Crippen LogP contribution in [0, 0.1) is 6.92 Å². The van der Waals surface area contributed by atoms with Crippen LogP contribution in [0.15, 0.2) is 66.9 Å². The van der Waals surface area contributed by atoms with Crippen molar-refractivity contribution in [1.29, 1.82) is 0 Å². The molecule has 0 amide bonds. The molecule has 0 aliphatic heterocycles. The molecule has 0 fully saturated rings. The molecule has 0 saturated carbocycles. The van der Waals surface area contributed by atoms with Gasteiger partial charge in [0.25, 0.3) is 0 Å². The van der Waals surface area contributed by atoms with E-state index in [4.69, 9.17) is 21.1 Å². The van der Waals surface area contributed by atoms with Crippen molar-refractivity contribution >= 4 is 17.6 Å². The molecular weight excluding hydrogens is 326 g/mol. The number of carbonyl (C=O) groups is 1. The number of aryl methyl sites for hydroxylation is 1. The Morgan fingerprint density at radius 3 is 2.50 bits per heavy atom. The Hall–Kier alpha value is -2.85. The van der Waals surface area contributed by atoms with Crippen molar-refractivity contribution in [2.24, 2.45) is 0 Å². The van der Waals surface area contributed by atoms with E-state index in [0.29, 0.717) is 22.2 Å².